The smallest absolute Gasteiger partial charge is 0.257 e. The summed E-state index contributed by atoms with van der Waals surface area (Å²) in [5.74, 6) is -3.42. The van der Waals surface area contributed by atoms with Crippen molar-refractivity contribution in [2.75, 3.05) is 13.1 Å². The number of amides is 3. The van der Waals surface area contributed by atoms with Gasteiger partial charge in [-0.2, -0.15) is 0 Å². The van der Waals surface area contributed by atoms with E-state index in [4.69, 9.17) is 23.1 Å². The highest BCUT2D eigenvalue weighted by Crippen LogP contribution is 2.16. The fourth-order valence-electron chi connectivity index (χ4n) is 1.41. The molecule has 8 heteroatoms. The standard InChI is InChI=1S/C11H11ClFN3O3/c12-6-1-2-8(13)7(3-6)11(19)16(4-9(14)17)5-10(15)18/h1-3H,4-5H2,(H2,14,17)(H2,15,18). The SMILES string of the molecule is NC(=O)CN(CC(N)=O)C(=O)c1cc(Cl)ccc1F. The molecule has 1 aromatic rings. The average Bonchev–Trinajstić information content (AvgIpc) is 2.29. The minimum absolute atomic E-state index is 0.142. The third-order valence-electron chi connectivity index (χ3n) is 2.14. The van der Waals surface area contributed by atoms with Crippen molar-refractivity contribution in [3.8, 4) is 0 Å². The monoisotopic (exact) mass is 287 g/mol. The summed E-state index contributed by atoms with van der Waals surface area (Å²) in [6, 6.07) is 3.36. The highest BCUT2D eigenvalue weighted by molar-refractivity contribution is 6.31. The van der Waals surface area contributed by atoms with Gasteiger partial charge in [0.25, 0.3) is 5.91 Å². The number of rotatable bonds is 5. The summed E-state index contributed by atoms with van der Waals surface area (Å²) < 4.78 is 13.5. The Hall–Kier alpha value is -2.15. The fourth-order valence-corrected chi connectivity index (χ4v) is 1.58. The van der Waals surface area contributed by atoms with Crippen molar-refractivity contribution in [3.63, 3.8) is 0 Å². The molecule has 0 fully saturated rings. The van der Waals surface area contributed by atoms with E-state index >= 15 is 0 Å². The molecular formula is C11H11ClFN3O3. The Kier molecular flexibility index (Phi) is 4.82. The third kappa shape index (κ3) is 4.22. The van der Waals surface area contributed by atoms with Gasteiger partial charge in [-0.25, -0.2) is 4.39 Å². The molecule has 19 heavy (non-hydrogen) atoms. The lowest BCUT2D eigenvalue weighted by Crippen LogP contribution is -2.43. The zero-order valence-electron chi connectivity index (χ0n) is 9.73. The minimum Gasteiger partial charge on any atom is -0.368 e. The fraction of sp³-hybridized carbons (Fsp3) is 0.182. The van der Waals surface area contributed by atoms with E-state index in [0.29, 0.717) is 0 Å². The number of halogens is 2. The maximum atomic E-state index is 13.5. The van der Waals surface area contributed by atoms with Gasteiger partial charge in [-0.05, 0) is 18.2 Å². The largest absolute Gasteiger partial charge is 0.368 e. The van der Waals surface area contributed by atoms with Crippen LogP contribution in [-0.2, 0) is 9.59 Å². The number of hydrogen-bond acceptors (Lipinski definition) is 3. The number of nitrogens with two attached hydrogens (primary N) is 2. The summed E-state index contributed by atoms with van der Waals surface area (Å²) in [5, 5.41) is 0.142. The summed E-state index contributed by atoms with van der Waals surface area (Å²) >= 11 is 5.66. The Bertz CT molecular complexity index is 520. The Morgan fingerprint density at radius 2 is 1.68 bits per heavy atom. The molecule has 4 N–H and O–H groups in total. The van der Waals surface area contributed by atoms with Crippen molar-refractivity contribution in [3.05, 3.63) is 34.6 Å². The second-order valence-corrected chi connectivity index (χ2v) is 4.15. The lowest BCUT2D eigenvalue weighted by Gasteiger charge is -2.19. The first-order valence-electron chi connectivity index (χ1n) is 5.12. The Morgan fingerprint density at radius 1 is 1.16 bits per heavy atom. The predicted octanol–water partition coefficient (Wildman–Crippen LogP) is -0.108. The lowest BCUT2D eigenvalue weighted by atomic mass is 10.2. The molecule has 0 radical (unpaired) electrons. The van der Waals surface area contributed by atoms with Gasteiger partial charge in [0.1, 0.15) is 18.9 Å². The van der Waals surface area contributed by atoms with Crippen LogP contribution in [0.4, 0.5) is 4.39 Å². The maximum absolute atomic E-state index is 13.5. The molecule has 0 aliphatic heterocycles. The predicted molar refractivity (Wildman–Crippen MR) is 65.7 cm³/mol. The van der Waals surface area contributed by atoms with Crippen LogP contribution < -0.4 is 11.5 Å². The third-order valence-corrected chi connectivity index (χ3v) is 2.37. The van der Waals surface area contributed by atoms with Gasteiger partial charge in [0.2, 0.25) is 11.8 Å². The molecule has 1 rings (SSSR count). The van der Waals surface area contributed by atoms with Crippen molar-refractivity contribution in [2.24, 2.45) is 11.5 Å². The quantitative estimate of drug-likeness (QED) is 0.789. The topological polar surface area (TPSA) is 106 Å². The van der Waals surface area contributed by atoms with Crippen LogP contribution in [0.3, 0.4) is 0 Å². The van der Waals surface area contributed by atoms with Crippen molar-refractivity contribution >= 4 is 29.3 Å². The van der Waals surface area contributed by atoms with Crippen molar-refractivity contribution in [1.82, 2.24) is 4.90 Å². The van der Waals surface area contributed by atoms with Gasteiger partial charge >= 0.3 is 0 Å². The average molecular weight is 288 g/mol. The molecule has 0 saturated heterocycles. The van der Waals surface area contributed by atoms with Crippen molar-refractivity contribution in [1.29, 1.82) is 0 Å². The van der Waals surface area contributed by atoms with E-state index in [2.05, 4.69) is 0 Å². The number of nitrogens with zero attached hydrogens (tertiary/aromatic N) is 1. The number of hydrogen-bond donors (Lipinski definition) is 2. The van der Waals surface area contributed by atoms with Crippen LogP contribution in [0.5, 0.6) is 0 Å². The van der Waals surface area contributed by atoms with Gasteiger partial charge in [-0.15, -0.1) is 0 Å². The number of carbonyl (C=O) groups is 3. The normalized spacial score (nSPS) is 10.0. The first kappa shape index (κ1) is 14.9. The van der Waals surface area contributed by atoms with Crippen LogP contribution in [0.15, 0.2) is 18.2 Å². The first-order chi connectivity index (χ1) is 8.81. The second-order valence-electron chi connectivity index (χ2n) is 3.72. The van der Waals surface area contributed by atoms with Crippen molar-refractivity contribution in [2.45, 2.75) is 0 Å². The molecule has 0 aliphatic rings. The van der Waals surface area contributed by atoms with Gasteiger partial charge in [-0.3, -0.25) is 14.4 Å². The number of carbonyl (C=O) groups excluding carboxylic acids is 3. The van der Waals surface area contributed by atoms with Gasteiger partial charge in [0.05, 0.1) is 5.56 Å². The molecule has 102 valence electrons. The molecule has 0 heterocycles. The molecule has 0 unspecified atom stereocenters. The molecule has 3 amide bonds. The second kappa shape index (κ2) is 6.14. The molecular weight excluding hydrogens is 277 g/mol. The summed E-state index contributed by atoms with van der Waals surface area (Å²) in [6.07, 6.45) is 0. The summed E-state index contributed by atoms with van der Waals surface area (Å²) in [4.78, 5) is 34.4. The van der Waals surface area contributed by atoms with Crippen LogP contribution in [0.25, 0.3) is 0 Å². The van der Waals surface area contributed by atoms with Crippen LogP contribution in [0.1, 0.15) is 10.4 Å². The van der Waals surface area contributed by atoms with Crippen LogP contribution in [0.2, 0.25) is 5.02 Å². The minimum atomic E-state index is -0.891. The molecule has 6 nitrogen and oxygen atoms in total. The molecule has 0 atom stereocenters. The van der Waals surface area contributed by atoms with E-state index < -0.39 is 36.6 Å². The zero-order valence-corrected chi connectivity index (χ0v) is 10.5. The molecule has 0 bridgehead atoms. The van der Waals surface area contributed by atoms with Crippen molar-refractivity contribution < 1.29 is 18.8 Å². The Balaban J connectivity index is 3.07. The van der Waals surface area contributed by atoms with Gasteiger partial charge in [0.15, 0.2) is 0 Å². The van der Waals surface area contributed by atoms with E-state index in [0.717, 1.165) is 17.0 Å². The van der Waals surface area contributed by atoms with Crippen LogP contribution in [-0.4, -0.2) is 35.7 Å². The number of primary amides is 2. The van der Waals surface area contributed by atoms with Gasteiger partial charge in [0, 0.05) is 5.02 Å². The molecule has 0 aliphatic carbocycles. The summed E-state index contributed by atoms with van der Waals surface area (Å²) in [7, 11) is 0. The molecule has 0 saturated carbocycles. The molecule has 0 aromatic heterocycles. The van der Waals surface area contributed by atoms with Gasteiger partial charge in [-0.1, -0.05) is 11.6 Å². The van der Waals surface area contributed by atoms with E-state index in [1.807, 2.05) is 0 Å². The molecule has 0 spiro atoms. The Labute approximate surface area is 113 Å². The number of benzene rings is 1. The zero-order chi connectivity index (χ0) is 14.6. The van der Waals surface area contributed by atoms with Crippen LogP contribution in [0, 0.1) is 5.82 Å². The highest BCUT2D eigenvalue weighted by atomic mass is 35.5. The van der Waals surface area contributed by atoms with E-state index in [9.17, 15) is 18.8 Å². The summed E-state index contributed by atoms with van der Waals surface area (Å²) in [5.41, 5.74) is 9.53. The maximum Gasteiger partial charge on any atom is 0.257 e. The van der Waals surface area contributed by atoms with E-state index in [-0.39, 0.29) is 10.6 Å². The van der Waals surface area contributed by atoms with E-state index in [1.54, 1.807) is 0 Å². The Morgan fingerprint density at radius 3 is 2.16 bits per heavy atom. The summed E-state index contributed by atoms with van der Waals surface area (Å²) in [6.45, 7) is -1.10. The van der Waals surface area contributed by atoms with Crippen LogP contribution >= 0.6 is 11.6 Å². The van der Waals surface area contributed by atoms with E-state index in [1.165, 1.54) is 6.07 Å². The molecule has 1 aromatic carbocycles. The van der Waals surface area contributed by atoms with Gasteiger partial charge < -0.3 is 16.4 Å². The first-order valence-corrected chi connectivity index (χ1v) is 5.50. The highest BCUT2D eigenvalue weighted by Gasteiger charge is 2.22. The lowest BCUT2D eigenvalue weighted by molar-refractivity contribution is -0.121.